The lowest BCUT2D eigenvalue weighted by Gasteiger charge is -2.39. The molecule has 8 nitrogen and oxygen atoms in total. The molecule has 0 saturated carbocycles. The number of nitrogens with two attached hydrogens (primary N) is 1. The first-order valence-corrected chi connectivity index (χ1v) is 7.96. The van der Waals surface area contributed by atoms with Crippen molar-refractivity contribution in [2.24, 2.45) is 0 Å². The smallest absolute Gasteiger partial charge is 0.483 e. The Balaban J connectivity index is 1.53. The van der Waals surface area contributed by atoms with E-state index in [2.05, 4.69) is 0 Å². The van der Waals surface area contributed by atoms with Gasteiger partial charge in [-0.2, -0.15) is 0 Å². The average Bonchev–Trinajstić information content (AvgIpc) is 2.94. The first kappa shape index (κ1) is 13.1. The number of phosphoric acid groups is 1. The highest BCUT2D eigenvalue weighted by Crippen LogP contribution is 2.76. The van der Waals surface area contributed by atoms with E-state index in [1.807, 2.05) is 0 Å². The van der Waals surface area contributed by atoms with Gasteiger partial charge in [-0.15, -0.1) is 0 Å². The van der Waals surface area contributed by atoms with Crippen LogP contribution in [0.4, 0.5) is 5.69 Å². The second-order valence-electron chi connectivity index (χ2n) is 5.26. The lowest BCUT2D eigenvalue weighted by Crippen LogP contribution is -2.56. The summed E-state index contributed by atoms with van der Waals surface area (Å²) in [5.41, 5.74) is 6.39. The van der Waals surface area contributed by atoms with E-state index >= 15 is 0 Å². The Morgan fingerprint density at radius 3 is 3.00 bits per heavy atom. The van der Waals surface area contributed by atoms with Crippen molar-refractivity contribution in [3.05, 3.63) is 23.8 Å². The summed E-state index contributed by atoms with van der Waals surface area (Å²) in [6.45, 7) is 0.407. The maximum atomic E-state index is 12.4. The Morgan fingerprint density at radius 1 is 1.52 bits per heavy atom. The summed E-state index contributed by atoms with van der Waals surface area (Å²) in [6, 6.07) is 4.64. The number of benzene rings is 1. The molecular formula is C12H13N2O6P. The van der Waals surface area contributed by atoms with Crippen LogP contribution in [-0.2, 0) is 29.4 Å². The number of amides is 1. The largest absolute Gasteiger partial charge is 0.506 e. The highest BCUT2D eigenvalue weighted by Gasteiger charge is 2.77. The van der Waals surface area contributed by atoms with Gasteiger partial charge in [-0.1, -0.05) is 6.07 Å². The minimum atomic E-state index is -3.41. The molecular weight excluding hydrogens is 299 g/mol. The third-order valence-electron chi connectivity index (χ3n) is 3.89. The molecule has 0 aliphatic carbocycles. The van der Waals surface area contributed by atoms with Crippen molar-refractivity contribution < 1.29 is 28.0 Å². The highest BCUT2D eigenvalue weighted by molar-refractivity contribution is 7.50. The number of phosphoric ester groups is 1. The number of phenols is 1. The number of anilines is 1. The molecule has 4 aliphatic rings. The first-order chi connectivity index (χ1) is 9.92. The second kappa shape index (κ2) is 3.98. The molecule has 0 radical (unpaired) electrons. The van der Waals surface area contributed by atoms with E-state index in [1.54, 1.807) is 6.07 Å². The van der Waals surface area contributed by atoms with Crippen molar-refractivity contribution in [2.45, 2.75) is 24.9 Å². The molecule has 1 aromatic carbocycles. The molecule has 3 N–H and O–H groups in total. The summed E-state index contributed by atoms with van der Waals surface area (Å²) in [7, 11) is -3.41. The molecule has 0 aromatic heterocycles. The lowest BCUT2D eigenvalue weighted by molar-refractivity contribution is -0.251. The topological polar surface area (TPSA) is 111 Å². The van der Waals surface area contributed by atoms with Crippen LogP contribution in [0.3, 0.4) is 0 Å². The quantitative estimate of drug-likeness (QED) is 0.475. The van der Waals surface area contributed by atoms with E-state index in [1.165, 1.54) is 17.0 Å². The molecule has 5 rings (SSSR count). The summed E-state index contributed by atoms with van der Waals surface area (Å²) in [5.74, 6) is -1.64. The van der Waals surface area contributed by atoms with Gasteiger partial charge in [-0.05, 0) is 24.1 Å². The van der Waals surface area contributed by atoms with E-state index in [0.29, 0.717) is 18.5 Å². The van der Waals surface area contributed by atoms with Crippen molar-refractivity contribution in [1.29, 1.82) is 0 Å². The van der Waals surface area contributed by atoms with Gasteiger partial charge in [0.25, 0.3) is 5.91 Å². The average molecular weight is 312 g/mol. The molecule has 4 heterocycles. The third-order valence-corrected chi connectivity index (χ3v) is 5.37. The van der Waals surface area contributed by atoms with Gasteiger partial charge in [-0.3, -0.25) is 14.2 Å². The van der Waals surface area contributed by atoms with Gasteiger partial charge < -0.3 is 10.8 Å². The summed E-state index contributed by atoms with van der Waals surface area (Å²) in [4.78, 5) is 13.8. The molecule has 4 saturated heterocycles. The number of carbonyl (C=O) groups excluding carboxylic acids is 1. The fourth-order valence-electron chi connectivity index (χ4n) is 2.89. The van der Waals surface area contributed by atoms with E-state index in [4.69, 9.17) is 19.3 Å². The van der Waals surface area contributed by atoms with Crippen molar-refractivity contribution in [3.8, 4) is 5.75 Å². The van der Waals surface area contributed by atoms with Crippen LogP contribution >= 0.6 is 7.82 Å². The normalized spacial score (nSPS) is 36.4. The second-order valence-corrected chi connectivity index (χ2v) is 6.73. The molecule has 1 unspecified atom stereocenters. The van der Waals surface area contributed by atoms with Crippen molar-refractivity contribution in [3.63, 3.8) is 0 Å². The maximum Gasteiger partial charge on any atom is 0.483 e. The Bertz CT molecular complexity index is 682. The summed E-state index contributed by atoms with van der Waals surface area (Å²) in [5, 5.41) is 9.56. The third kappa shape index (κ3) is 1.74. The number of likely N-dealkylation sites (tertiary alicyclic amines) is 1. The number of rotatable bonds is 2. The van der Waals surface area contributed by atoms with Crippen LogP contribution in [0.25, 0.3) is 0 Å². The van der Waals surface area contributed by atoms with E-state index in [-0.39, 0.29) is 23.8 Å². The molecule has 9 heteroatoms. The molecule has 1 amide bonds. The molecule has 4 fully saturated rings. The van der Waals surface area contributed by atoms with E-state index in [0.717, 1.165) is 0 Å². The van der Waals surface area contributed by atoms with Crippen molar-refractivity contribution in [1.82, 2.24) is 4.90 Å². The minimum Gasteiger partial charge on any atom is -0.506 e. The fraction of sp³-hybridized carbons (Fsp3) is 0.417. The first-order valence-electron chi connectivity index (χ1n) is 6.50. The van der Waals surface area contributed by atoms with Gasteiger partial charge in [0, 0.05) is 6.54 Å². The molecule has 1 spiro atoms. The molecule has 21 heavy (non-hydrogen) atoms. The number of aromatic hydroxyl groups is 1. The van der Waals surface area contributed by atoms with E-state index < -0.39 is 19.8 Å². The number of hydrogen-bond acceptors (Lipinski definition) is 7. The van der Waals surface area contributed by atoms with E-state index in [9.17, 15) is 14.5 Å². The van der Waals surface area contributed by atoms with Crippen LogP contribution < -0.4 is 5.73 Å². The zero-order chi connectivity index (χ0) is 14.8. The molecule has 1 aromatic rings. The fourth-order valence-corrected chi connectivity index (χ4v) is 4.61. The predicted molar refractivity (Wildman–Crippen MR) is 69.9 cm³/mol. The molecule has 112 valence electrons. The number of carbonyl (C=O) groups is 1. The highest BCUT2D eigenvalue weighted by atomic mass is 31.2. The number of nitrogen functional groups attached to an aromatic ring is 1. The Hall–Kier alpha value is -1.60. The summed E-state index contributed by atoms with van der Waals surface area (Å²) in [6.07, 6.45) is 0.0781. The summed E-state index contributed by atoms with van der Waals surface area (Å²) < 4.78 is 27.2. The number of phenolic OH excluding ortho intramolecular Hbond substituents is 1. The molecule has 4 aliphatic heterocycles. The van der Waals surface area contributed by atoms with Crippen LogP contribution in [0, 0.1) is 0 Å². The molecule has 1 atom stereocenters. The minimum absolute atomic E-state index is 0.0549. The number of hydrogen-bond donors (Lipinski definition) is 2. The lowest BCUT2D eigenvalue weighted by atomic mass is 10.1. The van der Waals surface area contributed by atoms with Gasteiger partial charge in [0.1, 0.15) is 11.9 Å². The zero-order valence-electron chi connectivity index (χ0n) is 10.9. The van der Waals surface area contributed by atoms with Crippen molar-refractivity contribution >= 4 is 19.4 Å². The van der Waals surface area contributed by atoms with Gasteiger partial charge in [0.15, 0.2) is 0 Å². The van der Waals surface area contributed by atoms with Gasteiger partial charge >= 0.3 is 7.82 Å². The maximum absolute atomic E-state index is 12.4. The monoisotopic (exact) mass is 312 g/mol. The van der Waals surface area contributed by atoms with Crippen LogP contribution in [0.1, 0.15) is 12.0 Å². The van der Waals surface area contributed by atoms with Crippen LogP contribution in [0.2, 0.25) is 0 Å². The number of nitrogens with zero attached hydrogens (tertiary/aromatic N) is 1. The summed E-state index contributed by atoms with van der Waals surface area (Å²) >= 11 is 0. The standard InChI is InChI=1S/C12H13N2O6P/c13-8-2-1-7(5-9(8)15)6-11(16)14-4-3-10-12(14)19-21(17,18-10)20-12/h1-2,5,10,15H,3-4,6,13H2. The van der Waals surface area contributed by atoms with Crippen LogP contribution in [-0.4, -0.2) is 34.5 Å². The Kier molecular flexibility index (Phi) is 2.48. The SMILES string of the molecule is Nc1ccc(CC(=O)N2CCC3OP4(=O)OC32O4)cc1O. The van der Waals surface area contributed by atoms with Gasteiger partial charge in [0.05, 0.1) is 12.1 Å². The molecule has 2 bridgehead atoms. The Labute approximate surface area is 120 Å². The van der Waals surface area contributed by atoms with Crippen molar-refractivity contribution in [2.75, 3.05) is 12.3 Å². The van der Waals surface area contributed by atoms with Gasteiger partial charge in [-0.25, -0.2) is 13.6 Å². The van der Waals surface area contributed by atoms with Crippen LogP contribution in [0.15, 0.2) is 18.2 Å². The Morgan fingerprint density at radius 2 is 2.29 bits per heavy atom. The zero-order valence-corrected chi connectivity index (χ0v) is 11.8. The van der Waals surface area contributed by atoms with Gasteiger partial charge in [0.2, 0.25) is 5.91 Å². The van der Waals surface area contributed by atoms with Crippen LogP contribution in [0.5, 0.6) is 5.75 Å². The predicted octanol–water partition coefficient (Wildman–Crippen LogP) is 0.957.